The van der Waals surface area contributed by atoms with Crippen LogP contribution in [0.2, 0.25) is 0 Å². The molecule has 24 heavy (non-hydrogen) atoms. The maximum atomic E-state index is 13.9. The molecule has 0 amide bonds. The molecule has 0 heterocycles. The molecule has 138 valence electrons. The van der Waals surface area contributed by atoms with E-state index in [9.17, 15) is 22.0 Å². The van der Waals surface area contributed by atoms with Crippen LogP contribution in [0.1, 0.15) is 27.7 Å². The highest BCUT2D eigenvalue weighted by Crippen LogP contribution is 2.30. The van der Waals surface area contributed by atoms with Crippen LogP contribution in [0.15, 0.2) is 18.2 Å². The van der Waals surface area contributed by atoms with Crippen LogP contribution in [-0.4, -0.2) is 34.1 Å². The monoisotopic (exact) mass is 373 g/mol. The van der Waals surface area contributed by atoms with Crippen LogP contribution in [0.3, 0.4) is 0 Å². The molecule has 0 saturated carbocycles. The minimum absolute atomic E-state index is 0.376. The quantitative estimate of drug-likeness (QED) is 0.218. The van der Waals surface area contributed by atoms with Gasteiger partial charge in [0.15, 0.2) is 11.6 Å². The summed E-state index contributed by atoms with van der Waals surface area (Å²) in [7, 11) is -2.94. The molecule has 0 N–H and O–H groups in total. The van der Waals surface area contributed by atoms with Crippen molar-refractivity contribution in [3.8, 4) is 0 Å². The Bertz CT molecular complexity index is 523. The summed E-state index contributed by atoms with van der Waals surface area (Å²) in [5.41, 5.74) is -5.34. The van der Waals surface area contributed by atoms with E-state index < -0.39 is 44.4 Å². The van der Waals surface area contributed by atoms with E-state index in [1.165, 1.54) is 0 Å². The number of halogens is 5. The molecule has 0 fully saturated rings. The Labute approximate surface area is 139 Å². The number of nitrogens with zero attached hydrogens (tertiary/aromatic N) is 1. The number of anilines is 1. The minimum Gasteiger partial charge on any atom is -0.369 e. The van der Waals surface area contributed by atoms with Crippen molar-refractivity contribution < 1.29 is 35.9 Å². The maximum Gasteiger partial charge on any atom is 0.346 e. The van der Waals surface area contributed by atoms with E-state index in [0.29, 0.717) is 12.1 Å². The number of hydrogen-bond donors (Lipinski definition) is 0. The van der Waals surface area contributed by atoms with Gasteiger partial charge in [-0.05, 0) is 39.8 Å². The second-order valence-electron chi connectivity index (χ2n) is 5.49. The highest BCUT2D eigenvalue weighted by Gasteiger charge is 2.42. The molecule has 0 radical (unpaired) electrons. The fraction of sp³-hybridized carbons (Fsp3) is 0.571. The van der Waals surface area contributed by atoms with Crippen LogP contribution in [-0.2, 0) is 13.9 Å². The predicted molar refractivity (Wildman–Crippen MR) is 80.8 cm³/mol. The number of rotatable bonds is 9. The fourth-order valence-corrected chi connectivity index (χ4v) is 2.38. The van der Waals surface area contributed by atoms with Gasteiger partial charge in [-0.1, -0.05) is 10.5 Å². The summed E-state index contributed by atoms with van der Waals surface area (Å²) >= 11 is 0. The van der Waals surface area contributed by atoms with Gasteiger partial charge < -0.3 is 13.9 Å². The molecule has 0 aromatic heterocycles. The van der Waals surface area contributed by atoms with E-state index in [0.717, 1.165) is 6.07 Å². The number of ether oxygens (including phenoxy) is 2. The van der Waals surface area contributed by atoms with Crippen molar-refractivity contribution in [2.24, 2.45) is 0 Å². The van der Waals surface area contributed by atoms with Crippen molar-refractivity contribution in [3.05, 3.63) is 29.8 Å². The maximum absolute atomic E-state index is 13.9. The second kappa shape index (κ2) is 8.74. The van der Waals surface area contributed by atoms with Gasteiger partial charge in [-0.25, -0.2) is 8.78 Å². The summed E-state index contributed by atoms with van der Waals surface area (Å²) in [6.45, 7) is 5.17. The highest BCUT2D eigenvalue weighted by atomic mass is 28.2. The number of benzene rings is 1. The van der Waals surface area contributed by atoms with Gasteiger partial charge in [-0.2, -0.15) is 8.78 Å². The Morgan fingerprint density at radius 1 is 1.04 bits per heavy atom. The van der Waals surface area contributed by atoms with Crippen LogP contribution < -0.4 is 5.12 Å². The van der Waals surface area contributed by atoms with Crippen LogP contribution >= 0.6 is 0 Å². The van der Waals surface area contributed by atoms with Crippen molar-refractivity contribution in [3.63, 3.8) is 0 Å². The van der Waals surface area contributed by atoms with Gasteiger partial charge >= 0.3 is 5.67 Å². The lowest BCUT2D eigenvalue weighted by Crippen LogP contribution is -2.45. The first-order valence-electron chi connectivity index (χ1n) is 7.25. The van der Waals surface area contributed by atoms with Gasteiger partial charge in [0, 0.05) is 0 Å². The average Bonchev–Trinajstić information content (AvgIpc) is 2.46. The largest absolute Gasteiger partial charge is 0.369 e. The summed E-state index contributed by atoms with van der Waals surface area (Å²) in [5, 5.41) is -1.13. The zero-order chi connectivity index (χ0) is 18.5. The van der Waals surface area contributed by atoms with Gasteiger partial charge in [0.05, 0.1) is 12.2 Å². The first-order valence-corrected chi connectivity index (χ1v) is 8.53. The molecule has 4 nitrogen and oxygen atoms in total. The topological polar surface area (TPSA) is 30.9 Å². The zero-order valence-electron chi connectivity index (χ0n) is 13.7. The Hall–Kier alpha value is -1.23. The van der Waals surface area contributed by atoms with Crippen molar-refractivity contribution in [2.75, 3.05) is 5.12 Å². The van der Waals surface area contributed by atoms with E-state index in [4.69, 9.17) is 13.9 Å². The summed E-state index contributed by atoms with van der Waals surface area (Å²) in [6, 6.07) is 2.32. The molecule has 0 unspecified atom stereocenters. The predicted octanol–water partition coefficient (Wildman–Crippen LogP) is 3.44. The molecule has 0 saturated heterocycles. The molecule has 0 spiro atoms. The standard InChI is InChI=1S/C14H20F5NO3Si/c1-8(2)21-13(22-9(3)4)23-24-14(17,18)20(19)11-7-5-6-10(15)12(11)16/h5-9,13H,24H2,1-4H3. The first kappa shape index (κ1) is 20.8. The SMILES string of the molecule is CC(C)OC(O[SiH2]C(F)(F)N(F)c1cccc(F)c1F)OC(C)C. The van der Waals surface area contributed by atoms with E-state index in [1.54, 1.807) is 27.7 Å². The molecule has 1 aromatic rings. The number of hydrogen-bond acceptors (Lipinski definition) is 4. The lowest BCUT2D eigenvalue weighted by Gasteiger charge is -2.28. The molecular weight excluding hydrogens is 353 g/mol. The van der Waals surface area contributed by atoms with Crippen LogP contribution in [0.25, 0.3) is 0 Å². The Morgan fingerprint density at radius 2 is 1.58 bits per heavy atom. The van der Waals surface area contributed by atoms with Crippen LogP contribution in [0.5, 0.6) is 0 Å². The average molecular weight is 373 g/mol. The molecule has 0 aliphatic carbocycles. The Kier molecular flexibility index (Phi) is 7.58. The van der Waals surface area contributed by atoms with Crippen molar-refractivity contribution >= 4 is 15.5 Å². The van der Waals surface area contributed by atoms with Crippen LogP contribution in [0, 0.1) is 11.6 Å². The zero-order valence-corrected chi connectivity index (χ0v) is 15.1. The first-order chi connectivity index (χ1) is 11.0. The van der Waals surface area contributed by atoms with E-state index in [2.05, 4.69) is 0 Å². The molecule has 0 atom stereocenters. The van der Waals surface area contributed by atoms with Gasteiger partial charge in [-0.3, -0.25) is 0 Å². The number of alkyl halides is 2. The molecule has 1 rings (SSSR count). The molecular formula is C14H20F5NO3Si. The molecule has 10 heteroatoms. The summed E-state index contributed by atoms with van der Waals surface area (Å²) in [5.74, 6) is -3.14. The lowest BCUT2D eigenvalue weighted by molar-refractivity contribution is -0.278. The third-order valence-corrected chi connectivity index (χ3v) is 3.65. The third-order valence-electron chi connectivity index (χ3n) is 2.59. The highest BCUT2D eigenvalue weighted by molar-refractivity contribution is 6.31. The van der Waals surface area contributed by atoms with E-state index >= 15 is 0 Å². The van der Waals surface area contributed by atoms with Crippen molar-refractivity contribution in [1.29, 1.82) is 0 Å². The van der Waals surface area contributed by atoms with Gasteiger partial charge in [-0.15, -0.1) is 5.12 Å². The molecule has 1 aromatic carbocycles. The van der Waals surface area contributed by atoms with Gasteiger partial charge in [0.1, 0.15) is 5.69 Å². The van der Waals surface area contributed by atoms with Gasteiger partial charge in [0.2, 0.25) is 0 Å². The van der Waals surface area contributed by atoms with Crippen molar-refractivity contribution in [1.82, 2.24) is 0 Å². The summed E-state index contributed by atoms with van der Waals surface area (Å²) < 4.78 is 83.5. The van der Waals surface area contributed by atoms with E-state index in [1.807, 2.05) is 0 Å². The molecule has 0 bridgehead atoms. The summed E-state index contributed by atoms with van der Waals surface area (Å²) in [6.07, 6.45) is -0.753. The minimum atomic E-state index is -4.13. The van der Waals surface area contributed by atoms with Gasteiger partial charge in [0.25, 0.3) is 16.2 Å². The Morgan fingerprint density at radius 3 is 2.08 bits per heavy atom. The Balaban J connectivity index is 2.80. The molecule has 0 aliphatic heterocycles. The third kappa shape index (κ3) is 6.00. The summed E-state index contributed by atoms with van der Waals surface area (Å²) in [4.78, 5) is 0. The fourth-order valence-electron chi connectivity index (χ4n) is 1.60. The molecule has 0 aliphatic rings. The normalized spacial score (nSPS) is 13.0. The smallest absolute Gasteiger partial charge is 0.346 e. The van der Waals surface area contributed by atoms with Crippen molar-refractivity contribution in [2.45, 2.75) is 52.0 Å². The van der Waals surface area contributed by atoms with Crippen LogP contribution in [0.4, 0.5) is 27.7 Å². The lowest BCUT2D eigenvalue weighted by atomic mass is 10.3. The second-order valence-corrected chi connectivity index (χ2v) is 6.96. The van der Waals surface area contributed by atoms with E-state index in [-0.39, 0.29) is 12.2 Å².